The summed E-state index contributed by atoms with van der Waals surface area (Å²) >= 11 is 0. The molecule has 0 bridgehead atoms. The third-order valence-electron chi connectivity index (χ3n) is 8.21. The normalized spacial score (nSPS) is 18.1. The van der Waals surface area contributed by atoms with Gasteiger partial charge in [-0.25, -0.2) is 15.0 Å². The highest BCUT2D eigenvalue weighted by Crippen LogP contribution is 2.30. The Labute approximate surface area is 248 Å². The van der Waals surface area contributed by atoms with Crippen molar-refractivity contribution in [2.24, 2.45) is 0 Å². The molecule has 5 heterocycles. The van der Waals surface area contributed by atoms with Crippen molar-refractivity contribution in [3.63, 3.8) is 0 Å². The van der Waals surface area contributed by atoms with Gasteiger partial charge in [-0.3, -0.25) is 9.30 Å². The predicted octanol–water partition coefficient (Wildman–Crippen LogP) is 3.53. The van der Waals surface area contributed by atoms with Gasteiger partial charge in [-0.1, -0.05) is 18.2 Å². The van der Waals surface area contributed by atoms with E-state index < -0.39 is 0 Å². The van der Waals surface area contributed by atoms with E-state index in [0.29, 0.717) is 18.5 Å². The van der Waals surface area contributed by atoms with E-state index in [2.05, 4.69) is 80.0 Å². The minimum Gasteiger partial charge on any atom is -0.492 e. The molecule has 0 aliphatic carbocycles. The highest BCUT2D eigenvalue weighted by atomic mass is 16.5. The number of likely N-dealkylation sites (N-methyl/N-ethyl adjacent to an activating group) is 1. The van der Waals surface area contributed by atoms with Crippen LogP contribution in [0.4, 0.5) is 11.6 Å². The number of piperazine rings is 1. The van der Waals surface area contributed by atoms with Gasteiger partial charge in [0, 0.05) is 63.6 Å². The summed E-state index contributed by atoms with van der Waals surface area (Å²) in [4.78, 5) is 21.9. The number of benzene rings is 1. The van der Waals surface area contributed by atoms with Crippen LogP contribution in [0.5, 0.6) is 5.75 Å². The summed E-state index contributed by atoms with van der Waals surface area (Å²) in [7, 11) is 4.12. The van der Waals surface area contributed by atoms with Gasteiger partial charge < -0.3 is 25.2 Å². The molecule has 0 radical (unpaired) electrons. The van der Waals surface area contributed by atoms with Crippen molar-refractivity contribution in [1.29, 1.82) is 0 Å². The first-order valence-corrected chi connectivity index (χ1v) is 15.2. The summed E-state index contributed by atoms with van der Waals surface area (Å²) in [6.07, 6.45) is 6.22. The SMILES string of the molecule is Cc1c(N[C@@H]2CCCNC2)nc(-c2cnc3ccccn23)nc1N1CCN(Cc2ccc(OCCN(C)C)cc2)CC1. The Morgan fingerprint density at radius 2 is 1.88 bits per heavy atom. The van der Waals surface area contributed by atoms with E-state index in [9.17, 15) is 0 Å². The maximum Gasteiger partial charge on any atom is 0.182 e. The average Bonchev–Trinajstić information content (AvgIpc) is 3.44. The van der Waals surface area contributed by atoms with E-state index in [1.807, 2.05) is 30.6 Å². The number of fused-ring (bicyclic) bond motifs is 1. The number of imidazole rings is 1. The smallest absolute Gasteiger partial charge is 0.182 e. The number of nitrogens with one attached hydrogen (secondary N) is 2. The fourth-order valence-electron chi connectivity index (χ4n) is 5.75. The molecule has 2 saturated heterocycles. The van der Waals surface area contributed by atoms with Crippen molar-refractivity contribution < 1.29 is 4.74 Å². The molecule has 0 spiro atoms. The van der Waals surface area contributed by atoms with E-state index >= 15 is 0 Å². The van der Waals surface area contributed by atoms with Crippen LogP contribution in [-0.2, 0) is 6.54 Å². The monoisotopic (exact) mass is 569 g/mol. The van der Waals surface area contributed by atoms with Crippen molar-refractivity contribution in [1.82, 2.24) is 34.5 Å². The Morgan fingerprint density at radius 3 is 2.64 bits per heavy atom. The number of rotatable bonds is 10. The first-order chi connectivity index (χ1) is 20.5. The summed E-state index contributed by atoms with van der Waals surface area (Å²) < 4.78 is 7.93. The van der Waals surface area contributed by atoms with E-state index in [0.717, 1.165) is 93.1 Å². The Bertz CT molecular complexity index is 1450. The lowest BCUT2D eigenvalue weighted by Crippen LogP contribution is -2.46. The quantitative estimate of drug-likeness (QED) is 0.298. The van der Waals surface area contributed by atoms with Crippen molar-refractivity contribution in [2.75, 3.05) is 76.7 Å². The Hall–Kier alpha value is -3.73. The summed E-state index contributed by atoms with van der Waals surface area (Å²) in [6, 6.07) is 14.9. The molecule has 0 unspecified atom stereocenters. The second-order valence-electron chi connectivity index (χ2n) is 11.7. The minimum atomic E-state index is 0.358. The van der Waals surface area contributed by atoms with Crippen LogP contribution in [-0.4, -0.2) is 102 Å². The summed E-state index contributed by atoms with van der Waals surface area (Å²) in [6.45, 7) is 10.5. The molecule has 10 heteroatoms. The van der Waals surface area contributed by atoms with Gasteiger partial charge in [0.25, 0.3) is 0 Å². The maximum absolute atomic E-state index is 5.87. The lowest BCUT2D eigenvalue weighted by molar-refractivity contribution is 0.248. The highest BCUT2D eigenvalue weighted by Gasteiger charge is 2.25. The third-order valence-corrected chi connectivity index (χ3v) is 8.21. The summed E-state index contributed by atoms with van der Waals surface area (Å²) in [5.74, 6) is 3.57. The van der Waals surface area contributed by atoms with Crippen LogP contribution in [0.25, 0.3) is 17.2 Å². The van der Waals surface area contributed by atoms with E-state index in [-0.39, 0.29) is 0 Å². The summed E-state index contributed by atoms with van der Waals surface area (Å²) in [5.41, 5.74) is 4.22. The maximum atomic E-state index is 5.87. The predicted molar refractivity (Wildman–Crippen MR) is 168 cm³/mol. The number of hydrogen-bond donors (Lipinski definition) is 2. The molecule has 222 valence electrons. The van der Waals surface area contributed by atoms with Gasteiger partial charge in [-0.2, -0.15) is 0 Å². The standard InChI is InChI=1S/C32H43N9O/c1-24-30(35-26-7-6-13-33-21-26)36-31(28-22-34-29-8-4-5-14-41(28)29)37-32(24)40-17-15-39(16-18-40)23-25-9-11-27(12-10-25)42-20-19-38(2)3/h4-5,8-12,14,22,26,33H,6-7,13,15-21,23H2,1-3H3,(H,35,36,37)/t26-/m1/s1. The van der Waals surface area contributed by atoms with E-state index in [1.54, 1.807) is 0 Å². The van der Waals surface area contributed by atoms with Gasteiger partial charge in [0.2, 0.25) is 0 Å². The van der Waals surface area contributed by atoms with Gasteiger partial charge >= 0.3 is 0 Å². The average molecular weight is 570 g/mol. The molecule has 1 atom stereocenters. The van der Waals surface area contributed by atoms with Crippen LogP contribution < -0.4 is 20.3 Å². The molecular weight excluding hydrogens is 526 g/mol. The molecule has 4 aromatic rings. The minimum absolute atomic E-state index is 0.358. The van der Waals surface area contributed by atoms with E-state index in [1.165, 1.54) is 12.0 Å². The first-order valence-electron chi connectivity index (χ1n) is 15.2. The van der Waals surface area contributed by atoms with Gasteiger partial charge in [-0.15, -0.1) is 0 Å². The molecule has 10 nitrogen and oxygen atoms in total. The van der Waals surface area contributed by atoms with Crippen LogP contribution in [0.15, 0.2) is 54.9 Å². The van der Waals surface area contributed by atoms with Crippen LogP contribution in [0.2, 0.25) is 0 Å². The zero-order chi connectivity index (χ0) is 28.9. The largest absolute Gasteiger partial charge is 0.492 e. The zero-order valence-corrected chi connectivity index (χ0v) is 25.1. The topological polar surface area (TPSA) is 86.1 Å². The number of nitrogens with zero attached hydrogens (tertiary/aromatic N) is 7. The number of hydrogen-bond acceptors (Lipinski definition) is 9. The number of anilines is 2. The van der Waals surface area contributed by atoms with Crippen LogP contribution >= 0.6 is 0 Å². The molecule has 0 saturated carbocycles. The molecule has 42 heavy (non-hydrogen) atoms. The number of aromatic nitrogens is 4. The third kappa shape index (κ3) is 6.67. The molecule has 0 amide bonds. The van der Waals surface area contributed by atoms with Crippen molar-refractivity contribution >= 4 is 17.3 Å². The zero-order valence-electron chi connectivity index (χ0n) is 25.1. The molecule has 2 N–H and O–H groups in total. The summed E-state index contributed by atoms with van der Waals surface area (Å²) in [5, 5.41) is 7.27. The van der Waals surface area contributed by atoms with Crippen LogP contribution in [0.1, 0.15) is 24.0 Å². The lowest BCUT2D eigenvalue weighted by atomic mass is 10.1. The van der Waals surface area contributed by atoms with Gasteiger partial charge in [0.15, 0.2) is 5.82 Å². The molecule has 2 fully saturated rings. The molecule has 2 aliphatic heterocycles. The molecule has 2 aliphatic rings. The van der Waals surface area contributed by atoms with Gasteiger partial charge in [0.1, 0.15) is 35.3 Å². The number of pyridine rings is 1. The molecular formula is C32H43N9O. The first kappa shape index (κ1) is 28.4. The van der Waals surface area contributed by atoms with Crippen molar-refractivity contribution in [3.05, 3.63) is 66.0 Å². The Balaban J connectivity index is 1.17. The van der Waals surface area contributed by atoms with E-state index in [4.69, 9.17) is 14.7 Å². The fourth-order valence-corrected chi connectivity index (χ4v) is 5.75. The second-order valence-corrected chi connectivity index (χ2v) is 11.7. The van der Waals surface area contributed by atoms with Crippen molar-refractivity contribution in [3.8, 4) is 17.3 Å². The Morgan fingerprint density at radius 1 is 1.05 bits per heavy atom. The lowest BCUT2D eigenvalue weighted by Gasteiger charge is -2.36. The fraction of sp³-hybridized carbons (Fsp3) is 0.469. The van der Waals surface area contributed by atoms with Crippen LogP contribution in [0, 0.1) is 6.92 Å². The second kappa shape index (κ2) is 13.1. The van der Waals surface area contributed by atoms with Gasteiger partial charge in [-0.05, 0) is 70.2 Å². The Kier molecular flexibility index (Phi) is 8.83. The number of ether oxygens (including phenoxy) is 1. The van der Waals surface area contributed by atoms with Crippen LogP contribution in [0.3, 0.4) is 0 Å². The molecule has 3 aromatic heterocycles. The van der Waals surface area contributed by atoms with Gasteiger partial charge in [0.05, 0.1) is 6.20 Å². The molecule has 6 rings (SSSR count). The molecule has 1 aromatic carbocycles. The van der Waals surface area contributed by atoms with Crippen molar-refractivity contribution in [2.45, 2.75) is 32.4 Å². The number of piperidine rings is 1. The highest BCUT2D eigenvalue weighted by molar-refractivity contribution is 5.66.